The monoisotopic (exact) mass is 233 g/mol. The molecule has 5 nitrogen and oxygen atoms in total. The van der Waals surface area contributed by atoms with Crippen molar-refractivity contribution in [2.24, 2.45) is 0 Å². The molecule has 0 aliphatic carbocycles. The van der Waals surface area contributed by atoms with Gasteiger partial charge in [0.15, 0.2) is 5.82 Å². The van der Waals surface area contributed by atoms with Crippen LogP contribution in [0.25, 0.3) is 0 Å². The standard InChI is InChI=1S/C12H19N5/c1-3-9(2)17-11(14)10(8-13)12(15-17)16-6-4-5-7-16/h9H,3-7,14H2,1-2H3. The van der Waals surface area contributed by atoms with E-state index >= 15 is 0 Å². The molecule has 1 aliphatic heterocycles. The first-order chi connectivity index (χ1) is 8.19. The van der Waals surface area contributed by atoms with Crippen molar-refractivity contribution < 1.29 is 0 Å². The van der Waals surface area contributed by atoms with Crippen LogP contribution in [0.15, 0.2) is 0 Å². The number of rotatable bonds is 3. The van der Waals surface area contributed by atoms with Gasteiger partial charge in [0.2, 0.25) is 0 Å². The predicted molar refractivity (Wildman–Crippen MR) is 67.8 cm³/mol. The third kappa shape index (κ3) is 1.95. The van der Waals surface area contributed by atoms with Crippen LogP contribution >= 0.6 is 0 Å². The molecular weight excluding hydrogens is 214 g/mol. The lowest BCUT2D eigenvalue weighted by molar-refractivity contribution is 0.484. The first-order valence-electron chi connectivity index (χ1n) is 6.22. The van der Waals surface area contributed by atoms with Crippen molar-refractivity contribution in [1.29, 1.82) is 5.26 Å². The zero-order chi connectivity index (χ0) is 12.4. The molecule has 0 spiro atoms. The Morgan fingerprint density at radius 3 is 2.65 bits per heavy atom. The number of hydrogen-bond donors (Lipinski definition) is 1. The number of aromatic nitrogens is 2. The van der Waals surface area contributed by atoms with E-state index in [2.05, 4.69) is 29.9 Å². The average Bonchev–Trinajstić information content (AvgIpc) is 2.95. The predicted octanol–water partition coefficient (Wildman–Crippen LogP) is 1.91. The summed E-state index contributed by atoms with van der Waals surface area (Å²) in [6.45, 7) is 6.11. The van der Waals surface area contributed by atoms with Crippen molar-refractivity contribution in [1.82, 2.24) is 9.78 Å². The molecule has 1 aromatic rings. The lowest BCUT2D eigenvalue weighted by Gasteiger charge is -2.14. The van der Waals surface area contributed by atoms with Gasteiger partial charge in [0.05, 0.1) is 6.04 Å². The number of nitrogen functional groups attached to an aromatic ring is 1. The Morgan fingerprint density at radius 1 is 1.47 bits per heavy atom. The van der Waals surface area contributed by atoms with Crippen LogP contribution in [-0.2, 0) is 0 Å². The fourth-order valence-corrected chi connectivity index (χ4v) is 2.20. The maximum absolute atomic E-state index is 9.22. The molecular formula is C12H19N5. The molecule has 1 unspecified atom stereocenters. The lowest BCUT2D eigenvalue weighted by Crippen LogP contribution is -2.19. The highest BCUT2D eigenvalue weighted by Crippen LogP contribution is 2.29. The van der Waals surface area contributed by atoms with Gasteiger partial charge in [-0.15, -0.1) is 0 Å². The van der Waals surface area contributed by atoms with Crippen molar-refractivity contribution in [2.45, 2.75) is 39.2 Å². The number of nitriles is 1. The van der Waals surface area contributed by atoms with Gasteiger partial charge in [-0.3, -0.25) is 0 Å². The van der Waals surface area contributed by atoms with Crippen LogP contribution in [0.5, 0.6) is 0 Å². The third-order valence-corrected chi connectivity index (χ3v) is 3.45. The molecule has 0 bridgehead atoms. The fourth-order valence-electron chi connectivity index (χ4n) is 2.20. The quantitative estimate of drug-likeness (QED) is 0.865. The van der Waals surface area contributed by atoms with Gasteiger partial charge in [0.25, 0.3) is 0 Å². The zero-order valence-electron chi connectivity index (χ0n) is 10.5. The molecule has 5 heteroatoms. The molecule has 2 N–H and O–H groups in total. The van der Waals surface area contributed by atoms with Gasteiger partial charge < -0.3 is 10.6 Å². The van der Waals surface area contributed by atoms with Crippen LogP contribution in [0.1, 0.15) is 44.7 Å². The van der Waals surface area contributed by atoms with E-state index in [4.69, 9.17) is 5.73 Å². The van der Waals surface area contributed by atoms with E-state index in [-0.39, 0.29) is 6.04 Å². The maximum Gasteiger partial charge on any atom is 0.170 e. The van der Waals surface area contributed by atoms with Crippen molar-refractivity contribution in [3.8, 4) is 6.07 Å². The average molecular weight is 233 g/mol. The number of nitrogens with zero attached hydrogens (tertiary/aromatic N) is 4. The summed E-state index contributed by atoms with van der Waals surface area (Å²) in [7, 11) is 0. The van der Waals surface area contributed by atoms with Crippen LogP contribution < -0.4 is 10.6 Å². The van der Waals surface area contributed by atoms with E-state index in [9.17, 15) is 5.26 Å². The summed E-state index contributed by atoms with van der Waals surface area (Å²) in [6, 6.07) is 2.42. The van der Waals surface area contributed by atoms with Gasteiger partial charge in [-0.05, 0) is 26.2 Å². The Hall–Kier alpha value is -1.70. The van der Waals surface area contributed by atoms with E-state index in [1.807, 2.05) is 0 Å². The summed E-state index contributed by atoms with van der Waals surface area (Å²) in [4.78, 5) is 2.16. The van der Waals surface area contributed by atoms with Crippen LogP contribution in [0.4, 0.5) is 11.6 Å². The fraction of sp³-hybridized carbons (Fsp3) is 0.667. The van der Waals surface area contributed by atoms with Gasteiger partial charge in [-0.25, -0.2) is 4.68 Å². The van der Waals surface area contributed by atoms with Crippen LogP contribution in [-0.4, -0.2) is 22.9 Å². The Bertz CT molecular complexity index is 436. The molecule has 17 heavy (non-hydrogen) atoms. The normalized spacial score (nSPS) is 17.1. The van der Waals surface area contributed by atoms with E-state index in [0.29, 0.717) is 11.4 Å². The van der Waals surface area contributed by atoms with Crippen molar-refractivity contribution in [3.63, 3.8) is 0 Å². The van der Waals surface area contributed by atoms with Crippen LogP contribution in [0, 0.1) is 11.3 Å². The lowest BCUT2D eigenvalue weighted by atomic mass is 10.2. The van der Waals surface area contributed by atoms with E-state index < -0.39 is 0 Å². The third-order valence-electron chi connectivity index (χ3n) is 3.45. The highest BCUT2D eigenvalue weighted by atomic mass is 15.4. The van der Waals surface area contributed by atoms with Gasteiger partial charge in [0, 0.05) is 13.1 Å². The Balaban J connectivity index is 2.41. The first kappa shape index (κ1) is 11.8. The largest absolute Gasteiger partial charge is 0.383 e. The minimum absolute atomic E-state index is 0.235. The molecule has 1 aromatic heterocycles. The number of anilines is 2. The van der Waals surface area contributed by atoms with Crippen molar-refractivity contribution in [3.05, 3.63) is 5.56 Å². The second kappa shape index (κ2) is 4.66. The van der Waals surface area contributed by atoms with Crippen molar-refractivity contribution in [2.75, 3.05) is 23.7 Å². The smallest absolute Gasteiger partial charge is 0.170 e. The van der Waals surface area contributed by atoms with E-state index in [0.717, 1.165) is 25.3 Å². The van der Waals surface area contributed by atoms with Crippen LogP contribution in [0.3, 0.4) is 0 Å². The molecule has 1 aliphatic rings. The first-order valence-corrected chi connectivity index (χ1v) is 6.22. The highest BCUT2D eigenvalue weighted by molar-refractivity contribution is 5.65. The van der Waals surface area contributed by atoms with Gasteiger partial charge in [-0.1, -0.05) is 6.92 Å². The molecule has 0 radical (unpaired) electrons. The highest BCUT2D eigenvalue weighted by Gasteiger charge is 2.24. The zero-order valence-corrected chi connectivity index (χ0v) is 10.5. The summed E-state index contributed by atoms with van der Waals surface area (Å²) < 4.78 is 1.78. The minimum atomic E-state index is 0.235. The van der Waals surface area contributed by atoms with Gasteiger partial charge in [-0.2, -0.15) is 10.4 Å². The molecule has 1 saturated heterocycles. The molecule has 2 heterocycles. The Kier molecular flexibility index (Phi) is 3.23. The summed E-state index contributed by atoms with van der Waals surface area (Å²) in [5.74, 6) is 1.27. The SMILES string of the molecule is CCC(C)n1nc(N2CCCC2)c(C#N)c1N. The Labute approximate surface area is 102 Å². The molecule has 2 rings (SSSR count). The van der Waals surface area contributed by atoms with Gasteiger partial charge >= 0.3 is 0 Å². The van der Waals surface area contributed by atoms with Gasteiger partial charge in [0.1, 0.15) is 17.5 Å². The summed E-state index contributed by atoms with van der Waals surface area (Å²) >= 11 is 0. The second-order valence-electron chi connectivity index (χ2n) is 4.59. The molecule has 1 atom stereocenters. The number of nitrogens with two attached hydrogens (primary N) is 1. The molecule has 0 saturated carbocycles. The van der Waals surface area contributed by atoms with Crippen molar-refractivity contribution >= 4 is 11.6 Å². The summed E-state index contributed by atoms with van der Waals surface area (Å²) in [5.41, 5.74) is 6.54. The second-order valence-corrected chi connectivity index (χ2v) is 4.59. The summed E-state index contributed by atoms with van der Waals surface area (Å²) in [6.07, 6.45) is 3.29. The molecule has 0 amide bonds. The van der Waals surface area contributed by atoms with E-state index in [1.54, 1.807) is 4.68 Å². The molecule has 92 valence electrons. The topological polar surface area (TPSA) is 70.9 Å². The molecule has 1 fully saturated rings. The minimum Gasteiger partial charge on any atom is -0.383 e. The van der Waals surface area contributed by atoms with Crippen LogP contribution in [0.2, 0.25) is 0 Å². The number of hydrogen-bond acceptors (Lipinski definition) is 4. The Morgan fingerprint density at radius 2 is 2.12 bits per heavy atom. The molecule has 0 aromatic carbocycles. The maximum atomic E-state index is 9.22. The summed E-state index contributed by atoms with van der Waals surface area (Å²) in [5, 5.41) is 13.7. The van der Waals surface area contributed by atoms with E-state index in [1.165, 1.54) is 12.8 Å².